The molecule has 0 saturated carbocycles. The van der Waals surface area contributed by atoms with Crippen molar-refractivity contribution in [2.45, 2.75) is 25.8 Å². The van der Waals surface area contributed by atoms with E-state index in [2.05, 4.69) is 16.9 Å². The van der Waals surface area contributed by atoms with E-state index in [0.29, 0.717) is 12.1 Å². The molecule has 0 aliphatic heterocycles. The van der Waals surface area contributed by atoms with Crippen LogP contribution in [0.15, 0.2) is 60.8 Å². The Morgan fingerprint density at radius 1 is 1.29 bits per heavy atom. The van der Waals surface area contributed by atoms with Gasteiger partial charge in [-0.15, -0.1) is 6.58 Å². The third-order valence-corrected chi connectivity index (χ3v) is 4.44. The fourth-order valence-electron chi connectivity index (χ4n) is 3.20. The van der Waals surface area contributed by atoms with Gasteiger partial charge in [-0.05, 0) is 50.6 Å². The molecule has 2 aromatic heterocycles. The molecule has 3 rings (SSSR count). The quantitative estimate of drug-likeness (QED) is 0.623. The average Bonchev–Trinajstić information content (AvgIpc) is 3.01. The van der Waals surface area contributed by atoms with Gasteiger partial charge in [0.25, 0.3) is 5.91 Å². The van der Waals surface area contributed by atoms with E-state index in [9.17, 15) is 9.18 Å². The first-order valence-electron chi connectivity index (χ1n) is 9.04. The van der Waals surface area contributed by atoms with E-state index < -0.39 is 11.4 Å². The predicted octanol–water partition coefficient (Wildman–Crippen LogP) is 4.25. The Hall–Kier alpha value is -3.15. The fraction of sp³-hybridized carbons (Fsp3) is 0.273. The Morgan fingerprint density at radius 3 is 2.75 bits per heavy atom. The van der Waals surface area contributed by atoms with Crippen LogP contribution in [0.1, 0.15) is 30.8 Å². The first-order chi connectivity index (χ1) is 13.3. The molecule has 146 valence electrons. The zero-order valence-corrected chi connectivity index (χ0v) is 16.3. The highest BCUT2D eigenvalue weighted by Gasteiger charge is 2.29. The molecule has 1 aromatic carbocycles. The van der Waals surface area contributed by atoms with Gasteiger partial charge < -0.3 is 14.6 Å². The minimum atomic E-state index is -0.768. The number of hydrogen-bond acceptors (Lipinski definition) is 3. The maximum absolute atomic E-state index is 13.9. The zero-order chi connectivity index (χ0) is 20.3. The molecule has 6 heteroatoms. The predicted molar refractivity (Wildman–Crippen MR) is 108 cm³/mol. The number of aromatic nitrogens is 2. The second kappa shape index (κ2) is 7.84. The molecular formula is C22H24FN3O2. The van der Waals surface area contributed by atoms with E-state index in [4.69, 9.17) is 4.74 Å². The summed E-state index contributed by atoms with van der Waals surface area (Å²) in [5.74, 6) is -0.612. The largest absolute Gasteiger partial charge is 0.488 e. The molecule has 0 fully saturated rings. The van der Waals surface area contributed by atoms with Gasteiger partial charge in [0, 0.05) is 18.6 Å². The number of amides is 1. The third-order valence-electron chi connectivity index (χ3n) is 4.44. The Labute approximate surface area is 163 Å². The van der Waals surface area contributed by atoms with E-state index in [0.717, 1.165) is 16.6 Å². The lowest BCUT2D eigenvalue weighted by Gasteiger charge is -2.31. The van der Waals surface area contributed by atoms with Crippen LogP contribution in [0.25, 0.3) is 11.0 Å². The van der Waals surface area contributed by atoms with Gasteiger partial charge in [-0.3, -0.25) is 4.79 Å². The zero-order valence-electron chi connectivity index (χ0n) is 16.3. The first-order valence-corrected chi connectivity index (χ1v) is 9.04. The number of carbonyl (C=O) groups is 1. The van der Waals surface area contributed by atoms with Crippen molar-refractivity contribution in [2.75, 3.05) is 6.61 Å². The number of carbonyl (C=O) groups excluding carboxylic acids is 1. The number of rotatable bonds is 7. The average molecular weight is 381 g/mol. The summed E-state index contributed by atoms with van der Waals surface area (Å²) in [5, 5.41) is 3.95. The Morgan fingerprint density at radius 2 is 2.04 bits per heavy atom. The Balaban J connectivity index is 1.79. The minimum Gasteiger partial charge on any atom is -0.488 e. The molecule has 2 heterocycles. The standard InChI is InChI=1S/C22H24FN3O2/c1-15(2)13-22(3,14-28-19-8-6-5-7-17(19)23)25-21(27)18-10-9-16-11-12-26(4)20(16)24-18/h5-12H,1,13-14H2,2-4H3,(H,25,27). The van der Waals surface area contributed by atoms with Crippen LogP contribution in [-0.2, 0) is 7.05 Å². The lowest BCUT2D eigenvalue weighted by atomic mass is 9.94. The summed E-state index contributed by atoms with van der Waals surface area (Å²) in [4.78, 5) is 17.3. The molecule has 0 aliphatic carbocycles. The van der Waals surface area contributed by atoms with Gasteiger partial charge in [0.15, 0.2) is 11.6 Å². The normalized spacial score (nSPS) is 13.1. The highest BCUT2D eigenvalue weighted by molar-refractivity contribution is 5.95. The molecule has 1 N–H and O–H groups in total. The number of para-hydroxylation sites is 1. The molecule has 1 amide bonds. The van der Waals surface area contributed by atoms with Gasteiger partial charge in [-0.1, -0.05) is 17.7 Å². The van der Waals surface area contributed by atoms with Crippen LogP contribution in [-0.4, -0.2) is 27.6 Å². The molecule has 28 heavy (non-hydrogen) atoms. The minimum absolute atomic E-state index is 0.0962. The number of fused-ring (bicyclic) bond motifs is 1. The smallest absolute Gasteiger partial charge is 0.270 e. The Bertz CT molecular complexity index is 1030. The molecule has 1 atom stereocenters. The van der Waals surface area contributed by atoms with Crippen LogP contribution in [0.3, 0.4) is 0 Å². The molecule has 0 saturated heterocycles. The maximum atomic E-state index is 13.9. The highest BCUT2D eigenvalue weighted by atomic mass is 19.1. The number of nitrogens with one attached hydrogen (secondary N) is 1. The lowest BCUT2D eigenvalue weighted by Crippen LogP contribution is -2.50. The maximum Gasteiger partial charge on any atom is 0.270 e. The molecule has 0 radical (unpaired) electrons. The second-order valence-electron chi connectivity index (χ2n) is 7.40. The van der Waals surface area contributed by atoms with Crippen molar-refractivity contribution in [1.29, 1.82) is 0 Å². The van der Waals surface area contributed by atoms with E-state index in [1.165, 1.54) is 6.07 Å². The van der Waals surface area contributed by atoms with Gasteiger partial charge in [-0.25, -0.2) is 9.37 Å². The van der Waals surface area contributed by atoms with Gasteiger partial charge in [0.05, 0.1) is 5.54 Å². The van der Waals surface area contributed by atoms with Crippen LogP contribution in [0, 0.1) is 5.82 Å². The Kier molecular flexibility index (Phi) is 5.49. The highest BCUT2D eigenvalue weighted by Crippen LogP contribution is 2.22. The van der Waals surface area contributed by atoms with Gasteiger partial charge in [-0.2, -0.15) is 0 Å². The fourth-order valence-corrected chi connectivity index (χ4v) is 3.20. The number of nitrogens with zero attached hydrogens (tertiary/aromatic N) is 2. The summed E-state index contributed by atoms with van der Waals surface area (Å²) in [7, 11) is 1.88. The van der Waals surface area contributed by atoms with Crippen LogP contribution in [0.4, 0.5) is 4.39 Å². The number of ether oxygens (including phenoxy) is 1. The molecular weight excluding hydrogens is 357 g/mol. The van der Waals surface area contributed by atoms with Gasteiger partial charge >= 0.3 is 0 Å². The van der Waals surface area contributed by atoms with Crippen molar-refractivity contribution in [3.63, 3.8) is 0 Å². The molecule has 0 bridgehead atoms. The van der Waals surface area contributed by atoms with E-state index in [-0.39, 0.29) is 18.3 Å². The summed E-state index contributed by atoms with van der Waals surface area (Å²) >= 11 is 0. The van der Waals surface area contributed by atoms with Gasteiger partial charge in [0.2, 0.25) is 0 Å². The van der Waals surface area contributed by atoms with Crippen LogP contribution >= 0.6 is 0 Å². The van der Waals surface area contributed by atoms with Crippen LogP contribution in [0.5, 0.6) is 5.75 Å². The number of aryl methyl sites for hydroxylation is 1. The summed E-state index contributed by atoms with van der Waals surface area (Å²) in [6.45, 7) is 7.76. The topological polar surface area (TPSA) is 56.1 Å². The summed E-state index contributed by atoms with van der Waals surface area (Å²) in [6.07, 6.45) is 2.38. The van der Waals surface area contributed by atoms with E-state index in [1.807, 2.05) is 43.8 Å². The summed E-state index contributed by atoms with van der Waals surface area (Å²) < 4.78 is 21.4. The van der Waals surface area contributed by atoms with Gasteiger partial charge in [0.1, 0.15) is 17.9 Å². The van der Waals surface area contributed by atoms with E-state index >= 15 is 0 Å². The number of hydrogen-bond donors (Lipinski definition) is 1. The first kappa shape index (κ1) is 19.6. The van der Waals surface area contributed by atoms with Crippen molar-refractivity contribution >= 4 is 16.9 Å². The number of halogens is 1. The second-order valence-corrected chi connectivity index (χ2v) is 7.40. The number of benzene rings is 1. The van der Waals surface area contributed by atoms with Crippen molar-refractivity contribution in [2.24, 2.45) is 7.05 Å². The number of pyridine rings is 1. The molecule has 3 aromatic rings. The lowest BCUT2D eigenvalue weighted by molar-refractivity contribution is 0.0859. The monoisotopic (exact) mass is 381 g/mol. The van der Waals surface area contributed by atoms with Crippen molar-refractivity contribution in [3.8, 4) is 5.75 Å². The SMILES string of the molecule is C=C(C)CC(C)(COc1ccccc1F)NC(=O)c1ccc2ccn(C)c2n1. The van der Waals surface area contributed by atoms with Crippen molar-refractivity contribution in [3.05, 3.63) is 72.3 Å². The molecule has 5 nitrogen and oxygen atoms in total. The van der Waals surface area contributed by atoms with Crippen LogP contribution < -0.4 is 10.1 Å². The summed E-state index contributed by atoms with van der Waals surface area (Å²) in [5.41, 5.74) is 1.16. The van der Waals surface area contributed by atoms with Crippen molar-refractivity contribution < 1.29 is 13.9 Å². The molecule has 0 aliphatic rings. The van der Waals surface area contributed by atoms with E-state index in [1.54, 1.807) is 24.3 Å². The molecule has 1 unspecified atom stereocenters. The molecule has 0 spiro atoms. The van der Waals surface area contributed by atoms with Crippen molar-refractivity contribution in [1.82, 2.24) is 14.9 Å². The van der Waals surface area contributed by atoms with Crippen LogP contribution in [0.2, 0.25) is 0 Å². The third kappa shape index (κ3) is 4.39. The summed E-state index contributed by atoms with van der Waals surface area (Å²) in [6, 6.07) is 11.7.